The SMILES string of the molecule is CC1CCC(Nc2cccc(S(N)(=O)=O)c2)C(C)C1. The fourth-order valence-electron chi connectivity index (χ4n) is 2.86. The van der Waals surface area contributed by atoms with Gasteiger partial charge in [0.2, 0.25) is 10.0 Å². The van der Waals surface area contributed by atoms with E-state index in [1.807, 2.05) is 6.07 Å². The maximum Gasteiger partial charge on any atom is 0.238 e. The van der Waals surface area contributed by atoms with Crippen LogP contribution in [0.3, 0.4) is 0 Å². The van der Waals surface area contributed by atoms with Crippen LogP contribution in [0.1, 0.15) is 33.1 Å². The maximum absolute atomic E-state index is 11.3. The van der Waals surface area contributed by atoms with Gasteiger partial charge in [-0.3, -0.25) is 0 Å². The first-order chi connectivity index (χ1) is 8.86. The summed E-state index contributed by atoms with van der Waals surface area (Å²) >= 11 is 0. The molecule has 2 rings (SSSR count). The Morgan fingerprint density at radius 1 is 1.26 bits per heavy atom. The Labute approximate surface area is 115 Å². The van der Waals surface area contributed by atoms with E-state index >= 15 is 0 Å². The summed E-state index contributed by atoms with van der Waals surface area (Å²) in [6.45, 7) is 4.53. The van der Waals surface area contributed by atoms with E-state index in [-0.39, 0.29) is 4.90 Å². The van der Waals surface area contributed by atoms with Crippen molar-refractivity contribution in [2.45, 2.75) is 44.0 Å². The van der Waals surface area contributed by atoms with Crippen LogP contribution >= 0.6 is 0 Å². The number of anilines is 1. The first kappa shape index (κ1) is 14.3. The standard InChI is InChI=1S/C14H22N2O2S/c1-10-6-7-14(11(2)8-10)16-12-4-3-5-13(9-12)19(15,17)18/h3-5,9-11,14,16H,6-8H2,1-2H3,(H2,15,17,18). The van der Waals surface area contributed by atoms with Crippen molar-refractivity contribution in [3.8, 4) is 0 Å². The number of sulfonamides is 1. The molecule has 3 N–H and O–H groups in total. The van der Waals surface area contributed by atoms with Crippen LogP contribution in [-0.4, -0.2) is 14.5 Å². The third-order valence-electron chi connectivity index (χ3n) is 3.95. The fourth-order valence-corrected chi connectivity index (χ4v) is 3.42. The summed E-state index contributed by atoms with van der Waals surface area (Å²) in [6.07, 6.45) is 3.56. The molecule has 0 aliphatic heterocycles. The van der Waals surface area contributed by atoms with Gasteiger partial charge in [-0.15, -0.1) is 0 Å². The molecule has 1 aromatic rings. The molecule has 0 spiro atoms. The molecule has 1 aromatic carbocycles. The zero-order valence-corrected chi connectivity index (χ0v) is 12.3. The Kier molecular flexibility index (Phi) is 4.16. The molecule has 0 radical (unpaired) electrons. The Morgan fingerprint density at radius 2 is 2.00 bits per heavy atom. The highest BCUT2D eigenvalue weighted by Crippen LogP contribution is 2.31. The average Bonchev–Trinajstić information content (AvgIpc) is 2.32. The third kappa shape index (κ3) is 3.70. The van der Waals surface area contributed by atoms with Crippen LogP contribution in [0.4, 0.5) is 5.69 Å². The van der Waals surface area contributed by atoms with Crippen LogP contribution in [0.2, 0.25) is 0 Å². The van der Waals surface area contributed by atoms with Gasteiger partial charge in [-0.1, -0.05) is 19.9 Å². The zero-order valence-electron chi connectivity index (χ0n) is 11.5. The van der Waals surface area contributed by atoms with Gasteiger partial charge < -0.3 is 5.32 Å². The minimum Gasteiger partial charge on any atom is -0.382 e. The minimum atomic E-state index is -3.63. The normalized spacial score (nSPS) is 28.1. The van der Waals surface area contributed by atoms with Crippen molar-refractivity contribution in [2.24, 2.45) is 17.0 Å². The van der Waals surface area contributed by atoms with Gasteiger partial charge >= 0.3 is 0 Å². The van der Waals surface area contributed by atoms with E-state index in [9.17, 15) is 8.42 Å². The molecule has 1 fully saturated rings. The Bertz CT molecular complexity index is 542. The summed E-state index contributed by atoms with van der Waals surface area (Å²) in [5, 5.41) is 8.59. The summed E-state index contributed by atoms with van der Waals surface area (Å²) in [5.41, 5.74) is 0.831. The quantitative estimate of drug-likeness (QED) is 0.895. The molecule has 0 amide bonds. The van der Waals surface area contributed by atoms with Gasteiger partial charge in [0.25, 0.3) is 0 Å². The first-order valence-corrected chi connectivity index (χ1v) is 8.30. The summed E-state index contributed by atoms with van der Waals surface area (Å²) in [5.74, 6) is 1.38. The van der Waals surface area contributed by atoms with Crippen LogP contribution in [0.5, 0.6) is 0 Å². The molecule has 1 aliphatic rings. The topological polar surface area (TPSA) is 72.2 Å². The Hall–Kier alpha value is -1.07. The maximum atomic E-state index is 11.3. The average molecular weight is 282 g/mol. The molecule has 19 heavy (non-hydrogen) atoms. The molecule has 0 bridgehead atoms. The van der Waals surface area contributed by atoms with Crippen molar-refractivity contribution in [3.63, 3.8) is 0 Å². The van der Waals surface area contributed by atoms with E-state index in [2.05, 4.69) is 19.2 Å². The molecule has 3 atom stereocenters. The summed E-state index contributed by atoms with van der Waals surface area (Å²) < 4.78 is 22.7. The second-order valence-electron chi connectivity index (χ2n) is 5.72. The number of nitrogens with one attached hydrogen (secondary N) is 1. The third-order valence-corrected chi connectivity index (χ3v) is 4.86. The molecule has 4 nitrogen and oxygen atoms in total. The summed E-state index contributed by atoms with van der Waals surface area (Å²) in [4.78, 5) is 0.161. The molecule has 5 heteroatoms. The second kappa shape index (κ2) is 5.51. The van der Waals surface area contributed by atoms with Gasteiger partial charge in [-0.2, -0.15) is 0 Å². The lowest BCUT2D eigenvalue weighted by atomic mass is 9.80. The lowest BCUT2D eigenvalue weighted by Crippen LogP contribution is -2.33. The van der Waals surface area contributed by atoms with Gasteiger partial charge in [0.1, 0.15) is 0 Å². The van der Waals surface area contributed by atoms with Gasteiger partial charge in [0, 0.05) is 11.7 Å². The summed E-state index contributed by atoms with van der Waals surface area (Å²) in [6, 6.07) is 7.15. The molecular weight excluding hydrogens is 260 g/mol. The fraction of sp³-hybridized carbons (Fsp3) is 0.571. The van der Waals surface area contributed by atoms with E-state index in [4.69, 9.17) is 5.14 Å². The van der Waals surface area contributed by atoms with Crippen molar-refractivity contribution in [3.05, 3.63) is 24.3 Å². The first-order valence-electron chi connectivity index (χ1n) is 6.75. The van der Waals surface area contributed by atoms with Crippen LogP contribution in [0.15, 0.2) is 29.2 Å². The van der Waals surface area contributed by atoms with Gasteiger partial charge in [0.05, 0.1) is 4.90 Å². The molecule has 0 saturated heterocycles. The largest absolute Gasteiger partial charge is 0.382 e. The highest BCUT2D eigenvalue weighted by Gasteiger charge is 2.25. The molecule has 1 saturated carbocycles. The van der Waals surface area contributed by atoms with E-state index < -0.39 is 10.0 Å². The minimum absolute atomic E-state index is 0.161. The van der Waals surface area contributed by atoms with Gasteiger partial charge in [0.15, 0.2) is 0 Å². The van der Waals surface area contributed by atoms with E-state index in [1.54, 1.807) is 12.1 Å². The molecule has 0 aromatic heterocycles. The lowest BCUT2D eigenvalue weighted by molar-refractivity contribution is 0.276. The molecule has 106 valence electrons. The van der Waals surface area contributed by atoms with Crippen LogP contribution in [0.25, 0.3) is 0 Å². The zero-order chi connectivity index (χ0) is 14.0. The molecular formula is C14H22N2O2S. The van der Waals surface area contributed by atoms with Crippen LogP contribution < -0.4 is 10.5 Å². The van der Waals surface area contributed by atoms with Crippen molar-refractivity contribution in [2.75, 3.05) is 5.32 Å². The number of nitrogens with two attached hydrogens (primary N) is 1. The highest BCUT2D eigenvalue weighted by atomic mass is 32.2. The van der Waals surface area contributed by atoms with Gasteiger partial charge in [-0.05, 0) is 49.3 Å². The van der Waals surface area contributed by atoms with Gasteiger partial charge in [-0.25, -0.2) is 13.6 Å². The second-order valence-corrected chi connectivity index (χ2v) is 7.28. The Morgan fingerprint density at radius 3 is 2.63 bits per heavy atom. The number of hydrogen-bond donors (Lipinski definition) is 2. The molecule has 1 aliphatic carbocycles. The summed E-state index contributed by atoms with van der Waals surface area (Å²) in [7, 11) is -3.63. The van der Waals surface area contributed by atoms with E-state index in [0.29, 0.717) is 12.0 Å². The number of rotatable bonds is 3. The molecule has 0 heterocycles. The van der Waals surface area contributed by atoms with Crippen molar-refractivity contribution in [1.82, 2.24) is 0 Å². The van der Waals surface area contributed by atoms with Crippen LogP contribution in [-0.2, 0) is 10.0 Å². The predicted molar refractivity (Wildman–Crippen MR) is 77.4 cm³/mol. The number of primary sulfonamides is 1. The molecule has 3 unspecified atom stereocenters. The van der Waals surface area contributed by atoms with Crippen molar-refractivity contribution in [1.29, 1.82) is 0 Å². The van der Waals surface area contributed by atoms with Crippen LogP contribution in [0, 0.1) is 11.8 Å². The highest BCUT2D eigenvalue weighted by molar-refractivity contribution is 7.89. The number of hydrogen-bond acceptors (Lipinski definition) is 3. The Balaban J connectivity index is 2.11. The lowest BCUT2D eigenvalue weighted by Gasteiger charge is -2.33. The van der Waals surface area contributed by atoms with E-state index in [0.717, 1.165) is 18.0 Å². The smallest absolute Gasteiger partial charge is 0.238 e. The monoisotopic (exact) mass is 282 g/mol. The van der Waals surface area contributed by atoms with E-state index in [1.165, 1.54) is 18.9 Å². The van der Waals surface area contributed by atoms with Crippen molar-refractivity contribution >= 4 is 15.7 Å². The predicted octanol–water partition coefficient (Wildman–Crippen LogP) is 2.57. The van der Waals surface area contributed by atoms with Crippen molar-refractivity contribution < 1.29 is 8.42 Å². The number of benzene rings is 1.